The number of carbonyl (C=O) groups is 2. The number of anilines is 2. The smallest absolute Gasteiger partial charge is 0.281 e. The second-order valence-electron chi connectivity index (χ2n) is 6.83. The van der Waals surface area contributed by atoms with Crippen molar-refractivity contribution in [2.75, 3.05) is 30.8 Å². The van der Waals surface area contributed by atoms with Gasteiger partial charge in [0.05, 0.1) is 17.8 Å². The fourth-order valence-corrected chi connectivity index (χ4v) is 2.93. The number of likely N-dealkylation sites (N-methyl/N-ethyl adjacent to an activating group) is 1. The summed E-state index contributed by atoms with van der Waals surface area (Å²) in [6, 6.07) is 16.5. The molecule has 1 unspecified atom stereocenters. The van der Waals surface area contributed by atoms with Gasteiger partial charge < -0.3 is 14.7 Å². The zero-order valence-corrected chi connectivity index (χ0v) is 16.9. The topological polar surface area (TPSA) is 88.7 Å². The molecule has 1 heterocycles. The van der Waals surface area contributed by atoms with Gasteiger partial charge in [-0.05, 0) is 19.1 Å². The van der Waals surface area contributed by atoms with Crippen LogP contribution in [0.1, 0.15) is 5.56 Å². The molecule has 0 radical (unpaired) electrons. The second kappa shape index (κ2) is 9.36. The van der Waals surface area contributed by atoms with Gasteiger partial charge in [0.2, 0.25) is 5.88 Å². The molecule has 8 heteroatoms. The Morgan fingerprint density at radius 1 is 1.03 bits per heavy atom. The summed E-state index contributed by atoms with van der Waals surface area (Å²) in [6.07, 6.45) is 0. The van der Waals surface area contributed by atoms with Gasteiger partial charge in [-0.15, -0.1) is 0 Å². The number of amides is 2. The molecule has 0 saturated carbocycles. The molecule has 0 aliphatic heterocycles. The van der Waals surface area contributed by atoms with E-state index in [4.69, 9.17) is 16.1 Å². The molecule has 0 saturated heterocycles. The molecule has 2 aromatic carbocycles. The fraction of sp³-hybridized carbons (Fsp3) is 0.190. The minimum absolute atomic E-state index is 0.0938. The van der Waals surface area contributed by atoms with E-state index in [0.717, 1.165) is 11.1 Å². The number of para-hydroxylation sites is 1. The highest BCUT2D eigenvalue weighted by Gasteiger charge is 2.17. The van der Waals surface area contributed by atoms with E-state index in [9.17, 15) is 9.59 Å². The molecule has 0 fully saturated rings. The molecule has 29 heavy (non-hydrogen) atoms. The van der Waals surface area contributed by atoms with Gasteiger partial charge >= 0.3 is 0 Å². The van der Waals surface area contributed by atoms with Crippen LogP contribution in [0, 0.1) is 6.92 Å². The van der Waals surface area contributed by atoms with Gasteiger partial charge in [0, 0.05) is 11.6 Å². The number of nitrogens with one attached hydrogen (secondary N) is 3. The maximum atomic E-state index is 12.2. The van der Waals surface area contributed by atoms with Crippen molar-refractivity contribution in [2.45, 2.75) is 6.92 Å². The maximum absolute atomic E-state index is 12.2. The van der Waals surface area contributed by atoms with Gasteiger partial charge in [0.15, 0.2) is 13.1 Å². The largest absolute Gasteiger partial charge is 0.338 e. The highest BCUT2D eigenvalue weighted by molar-refractivity contribution is 6.33. The molecule has 0 aliphatic rings. The first-order chi connectivity index (χ1) is 13.9. The molecule has 0 bridgehead atoms. The zero-order chi connectivity index (χ0) is 20.8. The van der Waals surface area contributed by atoms with E-state index in [-0.39, 0.29) is 30.8 Å². The van der Waals surface area contributed by atoms with Crippen molar-refractivity contribution >= 4 is 35.0 Å². The van der Waals surface area contributed by atoms with E-state index in [1.54, 1.807) is 37.4 Å². The first-order valence-corrected chi connectivity index (χ1v) is 9.48. The highest BCUT2D eigenvalue weighted by atomic mass is 35.5. The third-order valence-electron chi connectivity index (χ3n) is 4.19. The summed E-state index contributed by atoms with van der Waals surface area (Å²) in [5.74, 6) is -0.247. The van der Waals surface area contributed by atoms with Crippen LogP contribution in [0.2, 0.25) is 5.02 Å². The lowest BCUT2D eigenvalue weighted by Crippen LogP contribution is -3.11. The Labute approximate surface area is 173 Å². The summed E-state index contributed by atoms with van der Waals surface area (Å²) >= 11 is 6.03. The van der Waals surface area contributed by atoms with Gasteiger partial charge in [-0.3, -0.25) is 14.9 Å². The Hall–Kier alpha value is -3.16. The summed E-state index contributed by atoms with van der Waals surface area (Å²) in [7, 11) is 1.75. The number of halogens is 1. The summed E-state index contributed by atoms with van der Waals surface area (Å²) in [6.45, 7) is 2.21. The van der Waals surface area contributed by atoms with Crippen LogP contribution in [-0.4, -0.2) is 37.1 Å². The van der Waals surface area contributed by atoms with Crippen molar-refractivity contribution in [3.05, 3.63) is 65.2 Å². The number of carbonyl (C=O) groups excluding carboxylic acids is 2. The highest BCUT2D eigenvalue weighted by Crippen LogP contribution is 2.22. The third-order valence-corrected chi connectivity index (χ3v) is 4.52. The Bertz CT molecular complexity index is 1000. The number of quaternary nitrogens is 1. The van der Waals surface area contributed by atoms with E-state index in [1.165, 1.54) is 0 Å². The van der Waals surface area contributed by atoms with Gasteiger partial charge in [-0.1, -0.05) is 58.7 Å². The predicted octanol–water partition coefficient (Wildman–Crippen LogP) is 2.40. The first kappa shape index (κ1) is 20.6. The number of benzene rings is 2. The molecule has 1 aromatic heterocycles. The average Bonchev–Trinajstić information content (AvgIpc) is 3.12. The minimum atomic E-state index is -0.278. The number of hydrogen-bond donors (Lipinski definition) is 3. The number of aromatic nitrogens is 1. The van der Waals surface area contributed by atoms with E-state index in [0.29, 0.717) is 21.3 Å². The molecule has 0 spiro atoms. The predicted molar refractivity (Wildman–Crippen MR) is 112 cm³/mol. The van der Waals surface area contributed by atoms with Crippen molar-refractivity contribution in [1.29, 1.82) is 0 Å². The Morgan fingerprint density at radius 3 is 2.38 bits per heavy atom. The Morgan fingerprint density at radius 2 is 1.69 bits per heavy atom. The zero-order valence-electron chi connectivity index (χ0n) is 16.2. The maximum Gasteiger partial charge on any atom is 0.281 e. The van der Waals surface area contributed by atoms with Gasteiger partial charge in [0.25, 0.3) is 11.8 Å². The monoisotopic (exact) mass is 413 g/mol. The lowest BCUT2D eigenvalue weighted by atomic mass is 10.1. The van der Waals surface area contributed by atoms with Crippen molar-refractivity contribution in [3.8, 4) is 11.3 Å². The van der Waals surface area contributed by atoms with Gasteiger partial charge in [0.1, 0.15) is 5.69 Å². The van der Waals surface area contributed by atoms with Crippen LogP contribution in [0.4, 0.5) is 11.6 Å². The lowest BCUT2D eigenvalue weighted by molar-refractivity contribution is -0.862. The van der Waals surface area contributed by atoms with Gasteiger partial charge in [-0.2, -0.15) is 0 Å². The van der Waals surface area contributed by atoms with Crippen LogP contribution < -0.4 is 15.5 Å². The van der Waals surface area contributed by atoms with Crippen LogP contribution in [0.25, 0.3) is 11.3 Å². The summed E-state index contributed by atoms with van der Waals surface area (Å²) < 4.78 is 5.19. The Balaban J connectivity index is 1.49. The molecule has 150 valence electrons. The van der Waals surface area contributed by atoms with Crippen molar-refractivity contribution in [2.24, 2.45) is 0 Å². The van der Waals surface area contributed by atoms with Crippen molar-refractivity contribution in [3.63, 3.8) is 0 Å². The molecule has 3 rings (SSSR count). The van der Waals surface area contributed by atoms with Crippen molar-refractivity contribution in [1.82, 2.24) is 5.16 Å². The fourth-order valence-electron chi connectivity index (χ4n) is 2.74. The standard InChI is InChI=1S/C21H21ClN4O3/c1-14-7-9-15(10-8-14)18-11-21(29-25-18)24-20(28)13-26(2)12-19(27)23-17-6-4-3-5-16(17)22/h3-11H,12-13H2,1-2H3,(H,23,27)(H,24,28)/p+1. The molecule has 7 nitrogen and oxygen atoms in total. The second-order valence-corrected chi connectivity index (χ2v) is 7.24. The molecule has 3 N–H and O–H groups in total. The van der Waals surface area contributed by atoms with Crippen LogP contribution >= 0.6 is 11.6 Å². The van der Waals surface area contributed by atoms with E-state index >= 15 is 0 Å². The molecular formula is C21H22ClN4O3+. The lowest BCUT2D eigenvalue weighted by Gasteiger charge is -2.13. The van der Waals surface area contributed by atoms with E-state index in [1.807, 2.05) is 31.2 Å². The quantitative estimate of drug-likeness (QED) is 0.555. The van der Waals surface area contributed by atoms with Crippen LogP contribution in [0.5, 0.6) is 0 Å². The van der Waals surface area contributed by atoms with E-state index < -0.39 is 0 Å². The molecule has 1 atom stereocenters. The number of aryl methyl sites for hydroxylation is 1. The molecule has 3 aromatic rings. The van der Waals surface area contributed by atoms with Crippen LogP contribution in [0.15, 0.2) is 59.1 Å². The molecular weight excluding hydrogens is 392 g/mol. The molecule has 2 amide bonds. The summed E-state index contributed by atoms with van der Waals surface area (Å²) in [4.78, 5) is 25.1. The summed E-state index contributed by atoms with van der Waals surface area (Å²) in [5, 5.41) is 9.84. The normalized spacial score (nSPS) is 11.7. The number of nitrogens with zero attached hydrogens (tertiary/aromatic N) is 1. The third kappa shape index (κ3) is 5.91. The SMILES string of the molecule is Cc1ccc(-c2cc(NC(=O)C[NH+](C)CC(=O)Nc3ccccc3Cl)on2)cc1. The number of hydrogen-bond acceptors (Lipinski definition) is 4. The van der Waals surface area contributed by atoms with Crippen LogP contribution in [-0.2, 0) is 9.59 Å². The Kier molecular flexibility index (Phi) is 6.64. The average molecular weight is 414 g/mol. The van der Waals surface area contributed by atoms with Crippen molar-refractivity contribution < 1.29 is 19.0 Å². The first-order valence-electron chi connectivity index (χ1n) is 9.10. The summed E-state index contributed by atoms with van der Waals surface area (Å²) in [5.41, 5.74) is 3.23. The van der Waals surface area contributed by atoms with Gasteiger partial charge in [-0.25, -0.2) is 0 Å². The number of rotatable bonds is 7. The van der Waals surface area contributed by atoms with Crippen LogP contribution in [0.3, 0.4) is 0 Å². The minimum Gasteiger partial charge on any atom is -0.338 e. The molecule has 0 aliphatic carbocycles. The van der Waals surface area contributed by atoms with E-state index in [2.05, 4.69) is 15.8 Å².